The van der Waals surface area contributed by atoms with Crippen molar-refractivity contribution in [3.63, 3.8) is 0 Å². The van der Waals surface area contributed by atoms with Crippen LogP contribution in [0, 0.1) is 0 Å². The quantitative estimate of drug-likeness (QED) is 0.559. The van der Waals surface area contributed by atoms with Crippen molar-refractivity contribution in [2.24, 2.45) is 5.73 Å². The van der Waals surface area contributed by atoms with Crippen LogP contribution < -0.4 is 5.73 Å². The lowest BCUT2D eigenvalue weighted by molar-refractivity contribution is 0.0458. The smallest absolute Gasteiger partial charge is 0.0643 e. The Morgan fingerprint density at radius 3 is 2.44 bits per heavy atom. The first-order valence-electron chi connectivity index (χ1n) is 3.07. The summed E-state index contributed by atoms with van der Waals surface area (Å²) < 4.78 is 5.16. The molecule has 0 bridgehead atoms. The van der Waals surface area contributed by atoms with Crippen molar-refractivity contribution in [2.75, 3.05) is 13.2 Å². The van der Waals surface area contributed by atoms with Gasteiger partial charge < -0.3 is 10.5 Å². The van der Waals surface area contributed by atoms with E-state index in [1.807, 2.05) is 6.92 Å². The summed E-state index contributed by atoms with van der Waals surface area (Å²) in [5.41, 5.74) is 5.71. The molecule has 2 nitrogen and oxygen atoms in total. The molecule has 1 heterocycles. The highest BCUT2D eigenvalue weighted by molar-refractivity contribution is 5.85. The zero-order chi connectivity index (χ0) is 6.04. The molecule has 1 atom stereocenters. The maximum absolute atomic E-state index is 5.75. The molecule has 0 amide bonds. The molecular formula is C6H14ClNO. The van der Waals surface area contributed by atoms with Gasteiger partial charge in [-0.1, -0.05) is 0 Å². The molecule has 0 saturated carbocycles. The lowest BCUT2D eigenvalue weighted by atomic mass is 9.97. The van der Waals surface area contributed by atoms with E-state index in [0.29, 0.717) is 0 Å². The van der Waals surface area contributed by atoms with Gasteiger partial charge in [-0.15, -0.1) is 12.4 Å². The van der Waals surface area contributed by atoms with E-state index in [2.05, 4.69) is 0 Å². The Balaban J connectivity index is 0.000000640. The molecule has 0 aromatic rings. The number of halogens is 1. The molecule has 0 aromatic carbocycles. The molecule has 0 aliphatic carbocycles. The predicted octanol–water partition coefficient (Wildman–Crippen LogP) is 0.936. The minimum absolute atomic E-state index is 0. The van der Waals surface area contributed by atoms with Crippen molar-refractivity contribution in [2.45, 2.75) is 25.3 Å². The van der Waals surface area contributed by atoms with E-state index in [9.17, 15) is 0 Å². The van der Waals surface area contributed by atoms with Crippen LogP contribution in [0.2, 0.25) is 0 Å². The SMILES string of the molecule is C[C@]1(N)CCCOC1.Cl. The third kappa shape index (κ3) is 3.04. The highest BCUT2D eigenvalue weighted by Gasteiger charge is 2.21. The highest BCUT2D eigenvalue weighted by atomic mass is 35.5. The third-order valence-corrected chi connectivity index (χ3v) is 1.47. The van der Waals surface area contributed by atoms with Crippen LogP contribution in [-0.4, -0.2) is 18.8 Å². The number of hydrogen-bond donors (Lipinski definition) is 1. The Hall–Kier alpha value is 0.210. The predicted molar refractivity (Wildman–Crippen MR) is 39.9 cm³/mol. The average molecular weight is 152 g/mol. The molecule has 3 heteroatoms. The zero-order valence-corrected chi connectivity index (χ0v) is 6.54. The fraction of sp³-hybridized carbons (Fsp3) is 1.00. The van der Waals surface area contributed by atoms with Crippen molar-refractivity contribution in [1.82, 2.24) is 0 Å². The lowest BCUT2D eigenvalue weighted by Gasteiger charge is -2.28. The van der Waals surface area contributed by atoms with Crippen LogP contribution >= 0.6 is 12.4 Å². The van der Waals surface area contributed by atoms with Crippen molar-refractivity contribution in [3.8, 4) is 0 Å². The molecule has 2 N–H and O–H groups in total. The first kappa shape index (κ1) is 9.21. The van der Waals surface area contributed by atoms with Gasteiger partial charge in [0.05, 0.1) is 6.61 Å². The fourth-order valence-electron chi connectivity index (χ4n) is 0.956. The molecule has 1 rings (SSSR count). The molecule has 0 unspecified atom stereocenters. The summed E-state index contributed by atoms with van der Waals surface area (Å²) >= 11 is 0. The Morgan fingerprint density at radius 1 is 1.56 bits per heavy atom. The summed E-state index contributed by atoms with van der Waals surface area (Å²) in [6.45, 7) is 3.66. The number of nitrogens with two attached hydrogens (primary N) is 1. The monoisotopic (exact) mass is 151 g/mol. The summed E-state index contributed by atoms with van der Waals surface area (Å²) in [6.07, 6.45) is 2.22. The van der Waals surface area contributed by atoms with E-state index in [1.165, 1.54) is 0 Å². The molecule has 1 aliphatic heterocycles. The Kier molecular flexibility index (Phi) is 3.48. The van der Waals surface area contributed by atoms with E-state index >= 15 is 0 Å². The van der Waals surface area contributed by atoms with Crippen LogP contribution in [0.5, 0.6) is 0 Å². The normalized spacial score (nSPS) is 35.3. The summed E-state index contributed by atoms with van der Waals surface area (Å²) in [5.74, 6) is 0. The van der Waals surface area contributed by atoms with Crippen LogP contribution in [0.25, 0.3) is 0 Å². The minimum Gasteiger partial charge on any atom is -0.380 e. The second-order valence-electron chi connectivity index (χ2n) is 2.81. The van der Waals surface area contributed by atoms with Crippen molar-refractivity contribution < 1.29 is 4.74 Å². The Bertz CT molecular complexity index is 77.1. The summed E-state index contributed by atoms with van der Waals surface area (Å²) in [5, 5.41) is 0. The van der Waals surface area contributed by atoms with E-state index in [4.69, 9.17) is 10.5 Å². The van der Waals surface area contributed by atoms with E-state index in [0.717, 1.165) is 26.1 Å². The first-order chi connectivity index (χ1) is 3.71. The minimum atomic E-state index is -0.0434. The number of ether oxygens (including phenoxy) is 1. The van der Waals surface area contributed by atoms with E-state index in [1.54, 1.807) is 0 Å². The standard InChI is InChI=1S/C6H13NO.ClH/c1-6(7)3-2-4-8-5-6;/h2-5,7H2,1H3;1H/t6-;/m0./s1. The van der Waals surface area contributed by atoms with Gasteiger partial charge in [0.25, 0.3) is 0 Å². The van der Waals surface area contributed by atoms with Gasteiger partial charge in [0.1, 0.15) is 0 Å². The molecule has 1 saturated heterocycles. The van der Waals surface area contributed by atoms with E-state index < -0.39 is 0 Å². The van der Waals surface area contributed by atoms with Crippen molar-refractivity contribution >= 4 is 12.4 Å². The molecule has 0 spiro atoms. The van der Waals surface area contributed by atoms with Crippen LogP contribution in [0.1, 0.15) is 19.8 Å². The average Bonchev–Trinajstić information content (AvgIpc) is 1.65. The van der Waals surface area contributed by atoms with Gasteiger partial charge >= 0.3 is 0 Å². The third-order valence-electron chi connectivity index (χ3n) is 1.47. The van der Waals surface area contributed by atoms with Gasteiger partial charge in [-0.2, -0.15) is 0 Å². The summed E-state index contributed by atoms with van der Waals surface area (Å²) in [4.78, 5) is 0. The van der Waals surface area contributed by atoms with Gasteiger partial charge in [-0.3, -0.25) is 0 Å². The first-order valence-corrected chi connectivity index (χ1v) is 3.07. The molecule has 1 aliphatic rings. The van der Waals surface area contributed by atoms with Crippen molar-refractivity contribution in [1.29, 1.82) is 0 Å². The molecule has 1 fully saturated rings. The van der Waals surface area contributed by atoms with Gasteiger partial charge in [0, 0.05) is 12.1 Å². The number of hydrogen-bond acceptors (Lipinski definition) is 2. The van der Waals surface area contributed by atoms with Crippen LogP contribution in [0.3, 0.4) is 0 Å². The van der Waals surface area contributed by atoms with Crippen LogP contribution in [-0.2, 0) is 4.74 Å². The molecular weight excluding hydrogens is 138 g/mol. The fourth-order valence-corrected chi connectivity index (χ4v) is 0.956. The second kappa shape index (κ2) is 3.40. The van der Waals surface area contributed by atoms with Gasteiger partial charge in [-0.05, 0) is 19.8 Å². The maximum Gasteiger partial charge on any atom is 0.0643 e. The van der Waals surface area contributed by atoms with Gasteiger partial charge in [0.15, 0.2) is 0 Å². The van der Waals surface area contributed by atoms with Crippen LogP contribution in [0.4, 0.5) is 0 Å². The summed E-state index contributed by atoms with van der Waals surface area (Å²) in [7, 11) is 0. The van der Waals surface area contributed by atoms with Gasteiger partial charge in [0.2, 0.25) is 0 Å². The lowest BCUT2D eigenvalue weighted by Crippen LogP contribution is -2.44. The molecule has 56 valence electrons. The number of rotatable bonds is 0. The maximum atomic E-state index is 5.75. The second-order valence-corrected chi connectivity index (χ2v) is 2.81. The topological polar surface area (TPSA) is 35.2 Å². The van der Waals surface area contributed by atoms with Crippen molar-refractivity contribution in [3.05, 3.63) is 0 Å². The Labute approximate surface area is 62.2 Å². The zero-order valence-electron chi connectivity index (χ0n) is 5.72. The van der Waals surface area contributed by atoms with Crippen LogP contribution in [0.15, 0.2) is 0 Å². The molecule has 9 heavy (non-hydrogen) atoms. The molecule has 0 aromatic heterocycles. The summed E-state index contributed by atoms with van der Waals surface area (Å²) in [6, 6.07) is 0. The largest absolute Gasteiger partial charge is 0.380 e. The Morgan fingerprint density at radius 2 is 2.22 bits per heavy atom. The van der Waals surface area contributed by atoms with Gasteiger partial charge in [-0.25, -0.2) is 0 Å². The molecule has 0 radical (unpaired) electrons. The van der Waals surface area contributed by atoms with E-state index in [-0.39, 0.29) is 17.9 Å². The highest BCUT2D eigenvalue weighted by Crippen LogP contribution is 2.13.